The Morgan fingerprint density at radius 3 is 2.71 bits per heavy atom. The van der Waals surface area contributed by atoms with Crippen LogP contribution in [0.4, 0.5) is 0 Å². The highest BCUT2D eigenvalue weighted by molar-refractivity contribution is 7.09. The molecule has 0 aromatic carbocycles. The first-order valence-electron chi connectivity index (χ1n) is 6.80. The Hall–Kier alpha value is -1.11. The lowest BCUT2D eigenvalue weighted by Crippen LogP contribution is -2.47. The highest BCUT2D eigenvalue weighted by atomic mass is 35.5. The van der Waals surface area contributed by atoms with Crippen molar-refractivity contribution >= 4 is 35.6 Å². The molecule has 0 saturated carbocycles. The molecule has 2 N–H and O–H groups in total. The van der Waals surface area contributed by atoms with Crippen LogP contribution >= 0.6 is 23.7 Å². The van der Waals surface area contributed by atoms with Gasteiger partial charge in [-0.3, -0.25) is 14.5 Å². The molecule has 0 bridgehead atoms. The number of nitrogens with zero attached hydrogens (tertiary/aromatic N) is 1. The maximum Gasteiger partial charge on any atom is 0.317 e. The van der Waals surface area contributed by atoms with Crippen LogP contribution in [0.3, 0.4) is 0 Å². The number of amides is 1. The topological polar surface area (TPSA) is 69.6 Å². The fourth-order valence-electron chi connectivity index (χ4n) is 1.95. The van der Waals surface area contributed by atoms with E-state index in [0.717, 1.165) is 12.8 Å². The van der Waals surface area contributed by atoms with Gasteiger partial charge in [-0.05, 0) is 37.8 Å². The molecule has 0 radical (unpaired) electrons. The summed E-state index contributed by atoms with van der Waals surface area (Å²) in [4.78, 5) is 25.7. The zero-order chi connectivity index (χ0) is 15.0. The summed E-state index contributed by atoms with van der Waals surface area (Å²) in [5, 5.41) is 13.7. The Kier molecular flexibility index (Phi) is 10.0. The minimum Gasteiger partial charge on any atom is -0.480 e. The van der Waals surface area contributed by atoms with Gasteiger partial charge in [-0.25, -0.2) is 0 Å². The van der Waals surface area contributed by atoms with Crippen molar-refractivity contribution in [3.8, 4) is 0 Å². The van der Waals surface area contributed by atoms with E-state index in [4.69, 9.17) is 5.11 Å². The molecule has 1 aromatic heterocycles. The zero-order valence-electron chi connectivity index (χ0n) is 12.4. The highest BCUT2D eigenvalue weighted by Crippen LogP contribution is 2.08. The number of carbonyl (C=O) groups excluding carboxylic acids is 1. The fraction of sp³-hybridized carbons (Fsp3) is 0.571. The predicted octanol–water partition coefficient (Wildman–Crippen LogP) is 2.01. The lowest BCUT2D eigenvalue weighted by molar-refractivity contribution is -0.139. The molecule has 0 aliphatic carbocycles. The van der Waals surface area contributed by atoms with E-state index in [1.54, 1.807) is 23.2 Å². The van der Waals surface area contributed by atoms with Crippen molar-refractivity contribution in [2.45, 2.75) is 32.7 Å². The van der Waals surface area contributed by atoms with Gasteiger partial charge in [0.2, 0.25) is 5.91 Å². The molecule has 0 aliphatic rings. The predicted molar refractivity (Wildman–Crippen MR) is 87.2 cm³/mol. The van der Waals surface area contributed by atoms with Gasteiger partial charge in [-0.1, -0.05) is 13.0 Å². The van der Waals surface area contributed by atoms with Gasteiger partial charge in [-0.2, -0.15) is 0 Å². The van der Waals surface area contributed by atoms with Crippen molar-refractivity contribution in [3.63, 3.8) is 0 Å². The summed E-state index contributed by atoms with van der Waals surface area (Å²) in [7, 11) is 0. The largest absolute Gasteiger partial charge is 0.480 e. The molecule has 1 unspecified atom stereocenters. The molecule has 1 amide bonds. The summed E-state index contributed by atoms with van der Waals surface area (Å²) < 4.78 is 0. The minimum absolute atomic E-state index is 0. The van der Waals surface area contributed by atoms with E-state index in [9.17, 15) is 9.59 Å². The van der Waals surface area contributed by atoms with E-state index in [-0.39, 0.29) is 24.9 Å². The van der Waals surface area contributed by atoms with E-state index in [1.165, 1.54) is 4.88 Å². The summed E-state index contributed by atoms with van der Waals surface area (Å²) in [5.41, 5.74) is 0. The van der Waals surface area contributed by atoms with E-state index >= 15 is 0 Å². The molecule has 120 valence electrons. The Balaban J connectivity index is 0.00000400. The highest BCUT2D eigenvalue weighted by Gasteiger charge is 2.22. The Labute approximate surface area is 135 Å². The molecule has 7 heteroatoms. The van der Waals surface area contributed by atoms with Gasteiger partial charge < -0.3 is 10.4 Å². The van der Waals surface area contributed by atoms with Gasteiger partial charge in [0, 0.05) is 11.4 Å². The first-order valence-corrected chi connectivity index (χ1v) is 7.68. The normalized spacial score (nSPS) is 11.8. The molecule has 1 heterocycles. The van der Waals surface area contributed by atoms with Gasteiger partial charge in [0.25, 0.3) is 0 Å². The molecule has 0 spiro atoms. The summed E-state index contributed by atoms with van der Waals surface area (Å²) >= 11 is 1.67. The third kappa shape index (κ3) is 7.45. The van der Waals surface area contributed by atoms with E-state index in [2.05, 4.69) is 5.32 Å². The van der Waals surface area contributed by atoms with Crippen LogP contribution in [-0.2, 0) is 16.0 Å². The van der Waals surface area contributed by atoms with Crippen molar-refractivity contribution in [3.05, 3.63) is 22.4 Å². The van der Waals surface area contributed by atoms with E-state index in [1.807, 2.05) is 24.4 Å². The van der Waals surface area contributed by atoms with Gasteiger partial charge in [0.15, 0.2) is 0 Å². The van der Waals surface area contributed by atoms with Crippen molar-refractivity contribution in [2.75, 3.05) is 19.6 Å². The first kappa shape index (κ1) is 19.9. The smallest absolute Gasteiger partial charge is 0.317 e. The Morgan fingerprint density at radius 2 is 2.19 bits per heavy atom. The number of hydrogen-bond donors (Lipinski definition) is 2. The molecule has 1 atom stereocenters. The van der Waals surface area contributed by atoms with Crippen LogP contribution in [0, 0.1) is 0 Å². The number of rotatable bonds is 9. The van der Waals surface area contributed by atoms with Crippen LogP contribution in [-0.4, -0.2) is 47.6 Å². The number of carboxylic acids is 1. The monoisotopic (exact) mass is 334 g/mol. The van der Waals surface area contributed by atoms with Crippen molar-refractivity contribution in [1.29, 1.82) is 0 Å². The second kappa shape index (κ2) is 10.6. The average Bonchev–Trinajstić information content (AvgIpc) is 2.90. The maximum absolute atomic E-state index is 12.0. The van der Waals surface area contributed by atoms with Gasteiger partial charge in [0.05, 0.1) is 12.6 Å². The third-order valence-corrected chi connectivity index (χ3v) is 3.96. The molecule has 1 rings (SSSR count). The molecular formula is C14H23ClN2O3S. The minimum atomic E-state index is -0.906. The second-order valence-electron chi connectivity index (χ2n) is 4.66. The Morgan fingerprint density at radius 1 is 1.48 bits per heavy atom. The molecule has 0 saturated heterocycles. The number of carboxylic acid groups (broad SMARTS) is 1. The number of thiophene rings is 1. The molecule has 1 aromatic rings. The van der Waals surface area contributed by atoms with Gasteiger partial charge in [0.1, 0.15) is 0 Å². The van der Waals surface area contributed by atoms with Crippen LogP contribution in [0.1, 0.15) is 25.1 Å². The van der Waals surface area contributed by atoms with Gasteiger partial charge >= 0.3 is 5.97 Å². The summed E-state index contributed by atoms with van der Waals surface area (Å²) in [6.45, 7) is 4.80. The lowest BCUT2D eigenvalue weighted by atomic mass is 10.2. The van der Waals surface area contributed by atoms with E-state index in [0.29, 0.717) is 13.1 Å². The lowest BCUT2D eigenvalue weighted by Gasteiger charge is -2.26. The van der Waals surface area contributed by atoms with Crippen LogP contribution < -0.4 is 5.32 Å². The number of aliphatic carboxylic acids is 1. The van der Waals surface area contributed by atoms with Crippen LogP contribution in [0.25, 0.3) is 0 Å². The van der Waals surface area contributed by atoms with Gasteiger partial charge in [-0.15, -0.1) is 23.7 Å². The summed E-state index contributed by atoms with van der Waals surface area (Å²) in [5.74, 6) is -1.02. The fourth-order valence-corrected chi connectivity index (χ4v) is 2.66. The molecule has 0 aliphatic heterocycles. The number of nitrogens with one attached hydrogen (secondary N) is 1. The quantitative estimate of drug-likeness (QED) is 0.725. The zero-order valence-corrected chi connectivity index (χ0v) is 14.0. The maximum atomic E-state index is 12.0. The number of hydrogen-bond acceptors (Lipinski definition) is 4. The molecular weight excluding hydrogens is 312 g/mol. The average molecular weight is 335 g/mol. The summed E-state index contributed by atoms with van der Waals surface area (Å²) in [6, 6.07) is 3.60. The van der Waals surface area contributed by atoms with E-state index < -0.39 is 12.0 Å². The standard InChI is InChI=1S/C14H22N2O3S.ClH/c1-3-8-16(10-13(17)18)11(2)14(19)15-7-6-12-5-4-9-20-12;/h4-5,9,11H,3,6-8,10H2,1-2H3,(H,15,19)(H,17,18);1H. The van der Waals surface area contributed by atoms with Crippen LogP contribution in [0.5, 0.6) is 0 Å². The van der Waals surface area contributed by atoms with Crippen LogP contribution in [0.15, 0.2) is 17.5 Å². The molecule has 0 fully saturated rings. The number of halogens is 1. The first-order chi connectivity index (χ1) is 9.54. The SMILES string of the molecule is CCCN(CC(=O)O)C(C)C(=O)NCCc1cccs1.Cl. The Bertz CT molecular complexity index is 426. The third-order valence-electron chi connectivity index (χ3n) is 3.03. The van der Waals surface area contributed by atoms with Crippen LogP contribution in [0.2, 0.25) is 0 Å². The van der Waals surface area contributed by atoms with Crippen molar-refractivity contribution < 1.29 is 14.7 Å². The molecule has 5 nitrogen and oxygen atoms in total. The summed E-state index contributed by atoms with van der Waals surface area (Å²) in [6.07, 6.45) is 1.63. The van der Waals surface area contributed by atoms with Crippen molar-refractivity contribution in [2.24, 2.45) is 0 Å². The van der Waals surface area contributed by atoms with Crippen molar-refractivity contribution in [1.82, 2.24) is 10.2 Å². The molecule has 21 heavy (non-hydrogen) atoms. The number of carbonyl (C=O) groups is 2. The second-order valence-corrected chi connectivity index (χ2v) is 5.69.